The van der Waals surface area contributed by atoms with Crippen LogP contribution in [0.25, 0.3) is 0 Å². The number of ether oxygens (including phenoxy) is 2. The number of carbonyl (C=O) groups excluding carboxylic acids is 1. The lowest BCUT2D eigenvalue weighted by Gasteiger charge is -2.21. The summed E-state index contributed by atoms with van der Waals surface area (Å²) in [5.74, 6) is 0.471. The Hall–Kier alpha value is -1.52. The normalized spacial score (nSPS) is 12.1. The van der Waals surface area contributed by atoms with Crippen molar-refractivity contribution in [1.29, 1.82) is 0 Å². The van der Waals surface area contributed by atoms with Crippen molar-refractivity contribution in [2.45, 2.75) is 31.2 Å². The van der Waals surface area contributed by atoms with Crippen molar-refractivity contribution in [2.24, 2.45) is 0 Å². The molecule has 1 atom stereocenters. The van der Waals surface area contributed by atoms with Crippen molar-refractivity contribution in [1.82, 2.24) is 0 Å². The van der Waals surface area contributed by atoms with Crippen LogP contribution < -0.4 is 4.74 Å². The second-order valence-corrected chi connectivity index (χ2v) is 6.73. The van der Waals surface area contributed by atoms with Gasteiger partial charge in [0.15, 0.2) is 0 Å². The Kier molecular flexibility index (Phi) is 6.69. The van der Waals surface area contributed by atoms with E-state index in [-0.39, 0.29) is 5.92 Å². The van der Waals surface area contributed by atoms with E-state index in [0.29, 0.717) is 16.3 Å². The fourth-order valence-corrected chi connectivity index (χ4v) is 2.94. The molecule has 2 aromatic rings. The van der Waals surface area contributed by atoms with Crippen LogP contribution in [0.15, 0.2) is 42.5 Å². The standard InChI is InChI=1S/C19H20BrClO3/c1-12(2)16-9-13(11-20)7-8-17(16)24-18(19(22)23-3)14-5-4-6-15(21)10-14/h4-10,12,18H,11H2,1-3H3. The SMILES string of the molecule is COC(=O)C(Oc1ccc(CBr)cc1C(C)C)c1cccc(Cl)c1. The number of hydrogen-bond acceptors (Lipinski definition) is 3. The molecule has 0 aliphatic carbocycles. The Morgan fingerprint density at radius 3 is 2.54 bits per heavy atom. The first-order valence-corrected chi connectivity index (χ1v) is 9.15. The molecule has 0 N–H and O–H groups in total. The molecule has 0 radical (unpaired) electrons. The van der Waals surface area contributed by atoms with Gasteiger partial charge in [0, 0.05) is 15.9 Å². The zero-order valence-electron chi connectivity index (χ0n) is 13.9. The van der Waals surface area contributed by atoms with Gasteiger partial charge in [-0.2, -0.15) is 0 Å². The Bertz CT molecular complexity index is 716. The quantitative estimate of drug-likeness (QED) is 0.455. The lowest BCUT2D eigenvalue weighted by Crippen LogP contribution is -2.21. The van der Waals surface area contributed by atoms with Crippen molar-refractivity contribution in [3.8, 4) is 5.75 Å². The maximum absolute atomic E-state index is 12.2. The van der Waals surface area contributed by atoms with Crippen molar-refractivity contribution in [2.75, 3.05) is 7.11 Å². The molecule has 2 aromatic carbocycles. The second-order valence-electron chi connectivity index (χ2n) is 5.74. The highest BCUT2D eigenvalue weighted by molar-refractivity contribution is 9.08. The summed E-state index contributed by atoms with van der Waals surface area (Å²) in [5, 5.41) is 1.31. The zero-order valence-corrected chi connectivity index (χ0v) is 16.2. The Labute approximate surface area is 156 Å². The molecule has 5 heteroatoms. The first-order valence-electron chi connectivity index (χ1n) is 7.65. The lowest BCUT2D eigenvalue weighted by atomic mass is 9.99. The van der Waals surface area contributed by atoms with Gasteiger partial charge in [0.25, 0.3) is 0 Å². The molecule has 128 valence electrons. The molecule has 3 nitrogen and oxygen atoms in total. The molecule has 24 heavy (non-hydrogen) atoms. The van der Waals surface area contributed by atoms with Crippen LogP contribution in [0.2, 0.25) is 5.02 Å². The molecule has 0 spiro atoms. The first kappa shape index (κ1) is 18.8. The maximum Gasteiger partial charge on any atom is 0.351 e. The van der Waals surface area contributed by atoms with E-state index < -0.39 is 12.1 Å². The van der Waals surface area contributed by atoms with Crippen LogP contribution in [0.4, 0.5) is 0 Å². The fraction of sp³-hybridized carbons (Fsp3) is 0.316. The van der Waals surface area contributed by atoms with Crippen LogP contribution in [0, 0.1) is 0 Å². The monoisotopic (exact) mass is 410 g/mol. The topological polar surface area (TPSA) is 35.5 Å². The number of hydrogen-bond donors (Lipinski definition) is 0. The van der Waals surface area contributed by atoms with E-state index in [1.165, 1.54) is 7.11 Å². The zero-order chi connectivity index (χ0) is 17.7. The van der Waals surface area contributed by atoms with Gasteiger partial charge in [-0.25, -0.2) is 4.79 Å². The molecule has 0 aliphatic heterocycles. The summed E-state index contributed by atoms with van der Waals surface area (Å²) in [5.41, 5.74) is 2.86. The van der Waals surface area contributed by atoms with Gasteiger partial charge < -0.3 is 9.47 Å². The third kappa shape index (κ3) is 4.52. The van der Waals surface area contributed by atoms with Crippen LogP contribution in [-0.4, -0.2) is 13.1 Å². The summed E-state index contributed by atoms with van der Waals surface area (Å²) in [4.78, 5) is 12.2. The van der Waals surface area contributed by atoms with E-state index in [2.05, 4.69) is 35.8 Å². The third-order valence-corrected chi connectivity index (χ3v) is 4.54. The molecular formula is C19H20BrClO3. The van der Waals surface area contributed by atoms with E-state index in [4.69, 9.17) is 21.1 Å². The largest absolute Gasteiger partial charge is 0.474 e. The van der Waals surface area contributed by atoms with Crippen molar-refractivity contribution in [3.05, 3.63) is 64.2 Å². The van der Waals surface area contributed by atoms with Gasteiger partial charge in [-0.15, -0.1) is 0 Å². The molecule has 0 aliphatic rings. The Balaban J connectivity index is 2.42. The van der Waals surface area contributed by atoms with Crippen molar-refractivity contribution < 1.29 is 14.3 Å². The van der Waals surface area contributed by atoms with Gasteiger partial charge in [-0.3, -0.25) is 0 Å². The van der Waals surface area contributed by atoms with Gasteiger partial charge in [0.2, 0.25) is 6.10 Å². The number of esters is 1. The number of rotatable bonds is 6. The van der Waals surface area contributed by atoms with Gasteiger partial charge >= 0.3 is 5.97 Å². The van der Waals surface area contributed by atoms with Crippen LogP contribution in [0.1, 0.15) is 42.6 Å². The minimum atomic E-state index is -0.860. The van der Waals surface area contributed by atoms with Crippen LogP contribution in [0.3, 0.4) is 0 Å². The Morgan fingerprint density at radius 2 is 1.96 bits per heavy atom. The molecule has 0 heterocycles. The summed E-state index contributed by atoms with van der Waals surface area (Å²) in [6.45, 7) is 4.18. The van der Waals surface area contributed by atoms with E-state index in [0.717, 1.165) is 16.5 Å². The summed E-state index contributed by atoms with van der Waals surface area (Å²) < 4.78 is 11.0. The second kappa shape index (κ2) is 8.54. The van der Waals surface area contributed by atoms with E-state index in [1.54, 1.807) is 24.3 Å². The molecule has 2 rings (SSSR count). The predicted octanol–water partition coefficient (Wildman–Crippen LogP) is 5.65. The highest BCUT2D eigenvalue weighted by Gasteiger charge is 2.25. The molecular weight excluding hydrogens is 392 g/mol. The smallest absolute Gasteiger partial charge is 0.351 e. The van der Waals surface area contributed by atoms with E-state index in [9.17, 15) is 4.79 Å². The van der Waals surface area contributed by atoms with Crippen LogP contribution in [-0.2, 0) is 14.9 Å². The summed E-state index contributed by atoms with van der Waals surface area (Å²) >= 11 is 9.51. The molecule has 0 bridgehead atoms. The molecule has 0 amide bonds. The van der Waals surface area contributed by atoms with Gasteiger partial charge in [-0.05, 0) is 35.2 Å². The molecule has 0 saturated heterocycles. The van der Waals surface area contributed by atoms with Crippen LogP contribution in [0.5, 0.6) is 5.75 Å². The number of carbonyl (C=O) groups is 1. The third-order valence-electron chi connectivity index (χ3n) is 3.66. The average molecular weight is 412 g/mol. The summed E-state index contributed by atoms with van der Waals surface area (Å²) in [6.07, 6.45) is -0.860. The van der Waals surface area contributed by atoms with Gasteiger partial charge in [0.1, 0.15) is 5.75 Å². The predicted molar refractivity (Wildman–Crippen MR) is 100.0 cm³/mol. The summed E-state index contributed by atoms with van der Waals surface area (Å²) in [7, 11) is 1.35. The molecule has 0 aromatic heterocycles. The number of methoxy groups -OCH3 is 1. The summed E-state index contributed by atoms with van der Waals surface area (Å²) in [6, 6.07) is 13.0. The fourth-order valence-electron chi connectivity index (χ4n) is 2.40. The average Bonchev–Trinajstić information content (AvgIpc) is 2.58. The lowest BCUT2D eigenvalue weighted by molar-refractivity contribution is -0.149. The molecule has 1 unspecified atom stereocenters. The number of alkyl halides is 1. The van der Waals surface area contributed by atoms with Crippen LogP contribution >= 0.6 is 27.5 Å². The minimum absolute atomic E-state index is 0.261. The van der Waals surface area contributed by atoms with E-state index in [1.807, 2.05) is 12.1 Å². The highest BCUT2D eigenvalue weighted by atomic mass is 79.9. The van der Waals surface area contributed by atoms with Gasteiger partial charge in [-0.1, -0.05) is 65.6 Å². The maximum atomic E-state index is 12.2. The number of halogens is 2. The van der Waals surface area contributed by atoms with Gasteiger partial charge in [0.05, 0.1) is 7.11 Å². The first-order chi connectivity index (χ1) is 11.5. The molecule has 0 fully saturated rings. The van der Waals surface area contributed by atoms with Crippen molar-refractivity contribution >= 4 is 33.5 Å². The molecule has 0 saturated carbocycles. The van der Waals surface area contributed by atoms with Crippen molar-refractivity contribution in [3.63, 3.8) is 0 Å². The highest BCUT2D eigenvalue weighted by Crippen LogP contribution is 2.33. The number of benzene rings is 2. The van der Waals surface area contributed by atoms with E-state index >= 15 is 0 Å². The minimum Gasteiger partial charge on any atom is -0.474 e. The Morgan fingerprint density at radius 1 is 1.21 bits per heavy atom.